The number of anilines is 2. The second kappa shape index (κ2) is 4.00. The van der Waals surface area contributed by atoms with Crippen LogP contribution >= 0.6 is 0 Å². The number of nitrogen functional groups attached to an aromatic ring is 1. The zero-order valence-corrected chi connectivity index (χ0v) is 7.72. The van der Waals surface area contributed by atoms with E-state index in [2.05, 4.69) is 25.2 Å². The average Bonchev–Trinajstić information content (AvgIpc) is 2.09. The van der Waals surface area contributed by atoms with E-state index in [1.54, 1.807) is 0 Å². The van der Waals surface area contributed by atoms with Crippen LogP contribution in [0.2, 0.25) is 0 Å². The first-order valence-corrected chi connectivity index (χ1v) is 4.40. The number of rotatable bonds is 3. The van der Waals surface area contributed by atoms with Gasteiger partial charge in [-0.1, -0.05) is 19.1 Å². The van der Waals surface area contributed by atoms with E-state index >= 15 is 0 Å². The maximum absolute atomic E-state index is 5.92. The molecule has 0 spiro atoms. The number of nitrogens with one attached hydrogen (secondary N) is 1. The van der Waals surface area contributed by atoms with Crippen molar-refractivity contribution in [3.63, 3.8) is 0 Å². The molecular formula is C10H16N2. The van der Waals surface area contributed by atoms with E-state index in [0.29, 0.717) is 0 Å². The summed E-state index contributed by atoms with van der Waals surface area (Å²) in [6.07, 6.45) is 0.991. The first-order valence-electron chi connectivity index (χ1n) is 4.40. The number of aryl methyl sites for hydroxylation is 1. The SMILES string of the molecule is CCNc1cccc(CC)c1N. The van der Waals surface area contributed by atoms with Gasteiger partial charge in [0.1, 0.15) is 0 Å². The fourth-order valence-corrected chi connectivity index (χ4v) is 1.27. The lowest BCUT2D eigenvalue weighted by Crippen LogP contribution is -2.02. The van der Waals surface area contributed by atoms with Crippen LogP contribution in [0.4, 0.5) is 11.4 Å². The molecule has 0 aliphatic carbocycles. The van der Waals surface area contributed by atoms with Gasteiger partial charge in [-0.25, -0.2) is 0 Å². The summed E-state index contributed by atoms with van der Waals surface area (Å²) in [6.45, 7) is 5.09. The summed E-state index contributed by atoms with van der Waals surface area (Å²) >= 11 is 0. The Hall–Kier alpha value is -1.18. The standard InChI is InChI=1S/C10H16N2/c1-3-8-6-5-7-9(10(8)11)12-4-2/h5-7,12H,3-4,11H2,1-2H3. The van der Waals surface area contributed by atoms with Crippen LogP contribution in [0.15, 0.2) is 18.2 Å². The molecule has 0 aromatic heterocycles. The fourth-order valence-electron chi connectivity index (χ4n) is 1.27. The Labute approximate surface area is 73.8 Å². The second-order valence-electron chi connectivity index (χ2n) is 2.76. The Kier molecular flexibility index (Phi) is 2.97. The third-order valence-corrected chi connectivity index (χ3v) is 1.94. The first-order chi connectivity index (χ1) is 5.79. The summed E-state index contributed by atoms with van der Waals surface area (Å²) in [6, 6.07) is 6.11. The Balaban J connectivity index is 2.97. The van der Waals surface area contributed by atoms with Gasteiger partial charge in [0.2, 0.25) is 0 Å². The van der Waals surface area contributed by atoms with Gasteiger partial charge in [0.05, 0.1) is 11.4 Å². The van der Waals surface area contributed by atoms with Gasteiger partial charge >= 0.3 is 0 Å². The van der Waals surface area contributed by atoms with Crippen molar-refractivity contribution in [3.05, 3.63) is 23.8 Å². The molecule has 2 heteroatoms. The highest BCUT2D eigenvalue weighted by Crippen LogP contribution is 2.22. The van der Waals surface area contributed by atoms with Crippen molar-refractivity contribution in [2.75, 3.05) is 17.6 Å². The van der Waals surface area contributed by atoms with E-state index < -0.39 is 0 Å². The van der Waals surface area contributed by atoms with E-state index in [0.717, 1.165) is 24.3 Å². The summed E-state index contributed by atoms with van der Waals surface area (Å²) in [5.41, 5.74) is 9.08. The molecule has 0 saturated heterocycles. The highest BCUT2D eigenvalue weighted by atomic mass is 14.9. The van der Waals surface area contributed by atoms with Gasteiger partial charge < -0.3 is 11.1 Å². The van der Waals surface area contributed by atoms with E-state index in [9.17, 15) is 0 Å². The van der Waals surface area contributed by atoms with Gasteiger partial charge in [-0.3, -0.25) is 0 Å². The van der Waals surface area contributed by atoms with E-state index in [4.69, 9.17) is 5.73 Å². The third-order valence-electron chi connectivity index (χ3n) is 1.94. The van der Waals surface area contributed by atoms with Crippen LogP contribution in [-0.4, -0.2) is 6.54 Å². The van der Waals surface area contributed by atoms with Crippen molar-refractivity contribution < 1.29 is 0 Å². The molecule has 0 amide bonds. The van der Waals surface area contributed by atoms with Crippen LogP contribution < -0.4 is 11.1 Å². The molecule has 0 atom stereocenters. The maximum Gasteiger partial charge on any atom is 0.0582 e. The molecule has 0 heterocycles. The van der Waals surface area contributed by atoms with Crippen molar-refractivity contribution in [1.29, 1.82) is 0 Å². The summed E-state index contributed by atoms with van der Waals surface area (Å²) in [5, 5.41) is 3.23. The van der Waals surface area contributed by atoms with Crippen molar-refractivity contribution in [3.8, 4) is 0 Å². The second-order valence-corrected chi connectivity index (χ2v) is 2.76. The van der Waals surface area contributed by atoms with Crippen molar-refractivity contribution >= 4 is 11.4 Å². The minimum atomic E-state index is 0.891. The van der Waals surface area contributed by atoms with E-state index in [1.807, 2.05) is 12.1 Å². The molecule has 0 fully saturated rings. The molecule has 3 N–H and O–H groups in total. The zero-order valence-electron chi connectivity index (χ0n) is 7.72. The van der Waals surface area contributed by atoms with Crippen molar-refractivity contribution in [2.45, 2.75) is 20.3 Å². The molecule has 0 unspecified atom stereocenters. The first kappa shape index (κ1) is 8.91. The molecular weight excluding hydrogens is 148 g/mol. The van der Waals surface area contributed by atoms with Crippen molar-refractivity contribution in [1.82, 2.24) is 0 Å². The third kappa shape index (κ3) is 1.70. The Bertz CT molecular complexity index is 256. The zero-order chi connectivity index (χ0) is 8.97. The van der Waals surface area contributed by atoms with Crippen LogP contribution in [0.1, 0.15) is 19.4 Å². The predicted octanol–water partition coefficient (Wildman–Crippen LogP) is 2.26. The Morgan fingerprint density at radius 2 is 2.08 bits per heavy atom. The smallest absolute Gasteiger partial charge is 0.0582 e. The van der Waals surface area contributed by atoms with E-state index in [1.165, 1.54) is 5.56 Å². The molecule has 66 valence electrons. The Morgan fingerprint density at radius 1 is 1.33 bits per heavy atom. The maximum atomic E-state index is 5.92. The molecule has 1 aromatic rings. The predicted molar refractivity (Wildman–Crippen MR) is 54.4 cm³/mol. The number of benzene rings is 1. The molecule has 1 aromatic carbocycles. The summed E-state index contributed by atoms with van der Waals surface area (Å²) in [5.74, 6) is 0. The summed E-state index contributed by atoms with van der Waals surface area (Å²) in [7, 11) is 0. The summed E-state index contributed by atoms with van der Waals surface area (Å²) in [4.78, 5) is 0. The average molecular weight is 164 g/mol. The molecule has 0 aliphatic rings. The molecule has 0 aliphatic heterocycles. The van der Waals surface area contributed by atoms with Gasteiger partial charge in [0.25, 0.3) is 0 Å². The lowest BCUT2D eigenvalue weighted by atomic mass is 10.1. The van der Waals surface area contributed by atoms with Crippen LogP contribution in [0.25, 0.3) is 0 Å². The van der Waals surface area contributed by atoms with Gasteiger partial charge in [-0.2, -0.15) is 0 Å². The molecule has 0 saturated carbocycles. The molecule has 2 nitrogen and oxygen atoms in total. The van der Waals surface area contributed by atoms with Crippen LogP contribution in [0.5, 0.6) is 0 Å². The van der Waals surface area contributed by atoms with Gasteiger partial charge in [0.15, 0.2) is 0 Å². The van der Waals surface area contributed by atoms with Crippen LogP contribution in [-0.2, 0) is 6.42 Å². The normalized spacial score (nSPS) is 9.83. The molecule has 0 bridgehead atoms. The van der Waals surface area contributed by atoms with Crippen LogP contribution in [0.3, 0.4) is 0 Å². The monoisotopic (exact) mass is 164 g/mol. The lowest BCUT2D eigenvalue weighted by molar-refractivity contribution is 1.14. The molecule has 1 rings (SSSR count). The quantitative estimate of drug-likeness (QED) is 0.672. The van der Waals surface area contributed by atoms with Gasteiger partial charge in [-0.15, -0.1) is 0 Å². The minimum absolute atomic E-state index is 0.891. The van der Waals surface area contributed by atoms with Crippen molar-refractivity contribution in [2.24, 2.45) is 0 Å². The summed E-state index contributed by atoms with van der Waals surface area (Å²) < 4.78 is 0. The van der Waals surface area contributed by atoms with E-state index in [-0.39, 0.29) is 0 Å². The fraction of sp³-hybridized carbons (Fsp3) is 0.400. The Morgan fingerprint density at radius 3 is 2.67 bits per heavy atom. The lowest BCUT2D eigenvalue weighted by Gasteiger charge is -2.09. The minimum Gasteiger partial charge on any atom is -0.397 e. The molecule has 12 heavy (non-hydrogen) atoms. The highest BCUT2D eigenvalue weighted by molar-refractivity contribution is 5.69. The molecule has 0 radical (unpaired) electrons. The number of nitrogens with two attached hydrogens (primary N) is 1. The topological polar surface area (TPSA) is 38.0 Å². The number of hydrogen-bond donors (Lipinski definition) is 2. The number of hydrogen-bond acceptors (Lipinski definition) is 2. The van der Waals surface area contributed by atoms with Crippen LogP contribution in [0, 0.1) is 0 Å². The van der Waals surface area contributed by atoms with Gasteiger partial charge in [0, 0.05) is 6.54 Å². The largest absolute Gasteiger partial charge is 0.397 e. The number of para-hydroxylation sites is 1. The van der Waals surface area contributed by atoms with Gasteiger partial charge in [-0.05, 0) is 25.0 Å². The highest BCUT2D eigenvalue weighted by Gasteiger charge is 2.00.